The van der Waals surface area contributed by atoms with E-state index in [9.17, 15) is 9.59 Å². The number of carbonyl (C=O) groups is 2. The molecule has 2 heterocycles. The van der Waals surface area contributed by atoms with Gasteiger partial charge in [-0.15, -0.1) is 11.3 Å². The monoisotopic (exact) mass is 405 g/mol. The summed E-state index contributed by atoms with van der Waals surface area (Å²) in [6, 6.07) is 9.42. The molecular formula is C19H20ClN3O3S. The third-order valence-electron chi connectivity index (χ3n) is 4.30. The molecular weight excluding hydrogens is 386 g/mol. The molecule has 0 saturated carbocycles. The molecule has 0 radical (unpaired) electrons. The third kappa shape index (κ3) is 5.08. The zero-order valence-corrected chi connectivity index (χ0v) is 16.2. The van der Waals surface area contributed by atoms with Gasteiger partial charge in [-0.05, 0) is 30.0 Å². The predicted octanol–water partition coefficient (Wildman–Crippen LogP) is 3.91. The molecule has 0 spiro atoms. The molecule has 6 nitrogen and oxygen atoms in total. The molecule has 0 aliphatic rings. The first kappa shape index (κ1) is 19.4. The summed E-state index contributed by atoms with van der Waals surface area (Å²) in [5, 5.41) is 19.8. The number of carboxylic acid groups (broad SMARTS) is 1. The summed E-state index contributed by atoms with van der Waals surface area (Å²) in [7, 11) is 0. The van der Waals surface area contributed by atoms with Gasteiger partial charge in [-0.2, -0.15) is 5.10 Å². The Kier molecular flexibility index (Phi) is 6.47. The Labute approximate surface area is 165 Å². The highest BCUT2D eigenvalue weighted by molar-refractivity contribution is 7.10. The topological polar surface area (TPSA) is 84.2 Å². The first-order chi connectivity index (χ1) is 13.0. The lowest BCUT2D eigenvalue weighted by Gasteiger charge is -2.13. The maximum atomic E-state index is 12.2. The van der Waals surface area contributed by atoms with E-state index in [1.165, 1.54) is 11.3 Å². The molecule has 3 rings (SSSR count). The largest absolute Gasteiger partial charge is 0.481 e. The van der Waals surface area contributed by atoms with E-state index in [-0.39, 0.29) is 24.7 Å². The third-order valence-corrected chi connectivity index (χ3v) is 5.67. The molecule has 2 N–H and O–H groups in total. The number of aliphatic carboxylic acids is 1. The minimum Gasteiger partial charge on any atom is -0.481 e. The average molecular weight is 406 g/mol. The highest BCUT2D eigenvalue weighted by atomic mass is 35.5. The molecule has 142 valence electrons. The first-order valence-electron chi connectivity index (χ1n) is 8.66. The van der Waals surface area contributed by atoms with Gasteiger partial charge in [-0.3, -0.25) is 14.3 Å². The maximum Gasteiger partial charge on any atom is 0.304 e. The molecule has 1 aromatic carbocycles. The summed E-state index contributed by atoms with van der Waals surface area (Å²) in [6.07, 6.45) is 2.59. The molecule has 8 heteroatoms. The lowest BCUT2D eigenvalue weighted by molar-refractivity contribution is -0.137. The van der Waals surface area contributed by atoms with Crippen LogP contribution in [-0.4, -0.2) is 33.3 Å². The lowest BCUT2D eigenvalue weighted by Crippen LogP contribution is -2.27. The maximum absolute atomic E-state index is 12.2. The molecule has 0 bridgehead atoms. The summed E-state index contributed by atoms with van der Waals surface area (Å²) in [5.41, 5.74) is 0.966. The number of hydrogen-bond donors (Lipinski definition) is 2. The molecule has 0 saturated heterocycles. The van der Waals surface area contributed by atoms with Crippen molar-refractivity contribution in [1.82, 2.24) is 15.1 Å². The fourth-order valence-corrected chi connectivity index (χ4v) is 4.06. The molecule has 1 unspecified atom stereocenters. The fourth-order valence-electron chi connectivity index (χ4n) is 3.01. The Morgan fingerprint density at radius 3 is 2.85 bits per heavy atom. The molecule has 2 aromatic heterocycles. The van der Waals surface area contributed by atoms with Crippen molar-refractivity contribution in [3.05, 3.63) is 51.8 Å². The van der Waals surface area contributed by atoms with Gasteiger partial charge in [-0.25, -0.2) is 0 Å². The van der Waals surface area contributed by atoms with Crippen molar-refractivity contribution in [2.45, 2.75) is 31.7 Å². The fraction of sp³-hybridized carbons (Fsp3) is 0.316. The Hall–Kier alpha value is -2.38. The predicted molar refractivity (Wildman–Crippen MR) is 106 cm³/mol. The van der Waals surface area contributed by atoms with Crippen molar-refractivity contribution in [1.29, 1.82) is 0 Å². The second-order valence-electron chi connectivity index (χ2n) is 6.26. The number of carboxylic acids is 1. The SMILES string of the molecule is O=C(O)CC(CC(=O)NCCCn1ncc2c(Cl)cccc21)c1cccs1. The number of aryl methyl sites for hydroxylation is 1. The van der Waals surface area contributed by atoms with Crippen molar-refractivity contribution in [2.75, 3.05) is 6.54 Å². The highest BCUT2D eigenvalue weighted by Crippen LogP contribution is 2.27. The van der Waals surface area contributed by atoms with Gasteiger partial charge in [0.1, 0.15) is 0 Å². The number of aromatic nitrogens is 2. The van der Waals surface area contributed by atoms with Crippen LogP contribution in [0.5, 0.6) is 0 Å². The number of benzene rings is 1. The van der Waals surface area contributed by atoms with E-state index in [4.69, 9.17) is 16.7 Å². The van der Waals surface area contributed by atoms with Crippen LogP contribution in [0.4, 0.5) is 0 Å². The number of rotatable bonds is 9. The van der Waals surface area contributed by atoms with Crippen LogP contribution in [-0.2, 0) is 16.1 Å². The van der Waals surface area contributed by atoms with Gasteiger partial charge in [-0.1, -0.05) is 23.7 Å². The van der Waals surface area contributed by atoms with Gasteiger partial charge in [0, 0.05) is 35.7 Å². The zero-order valence-electron chi connectivity index (χ0n) is 14.6. The Bertz CT molecular complexity index is 924. The van der Waals surface area contributed by atoms with Gasteiger partial charge in [0.05, 0.1) is 23.2 Å². The summed E-state index contributed by atoms with van der Waals surface area (Å²) in [6.45, 7) is 1.17. The van der Waals surface area contributed by atoms with Crippen molar-refractivity contribution in [2.24, 2.45) is 0 Å². The Morgan fingerprint density at radius 2 is 2.11 bits per heavy atom. The number of amides is 1. The second-order valence-corrected chi connectivity index (χ2v) is 7.64. The van der Waals surface area contributed by atoms with Crippen LogP contribution in [0.2, 0.25) is 5.02 Å². The van der Waals surface area contributed by atoms with E-state index < -0.39 is 5.97 Å². The van der Waals surface area contributed by atoms with Gasteiger partial charge < -0.3 is 10.4 Å². The summed E-state index contributed by atoms with van der Waals surface area (Å²) >= 11 is 7.63. The Morgan fingerprint density at radius 1 is 1.26 bits per heavy atom. The zero-order chi connectivity index (χ0) is 19.2. The molecule has 27 heavy (non-hydrogen) atoms. The molecule has 0 fully saturated rings. The van der Waals surface area contributed by atoms with Crippen LogP contribution in [0.15, 0.2) is 41.9 Å². The molecule has 3 aromatic rings. The van der Waals surface area contributed by atoms with E-state index in [1.807, 2.05) is 40.4 Å². The normalized spacial score (nSPS) is 12.2. The van der Waals surface area contributed by atoms with Gasteiger partial charge in [0.15, 0.2) is 0 Å². The van der Waals surface area contributed by atoms with Gasteiger partial charge in [0.2, 0.25) is 5.91 Å². The summed E-state index contributed by atoms with van der Waals surface area (Å²) in [5.74, 6) is -1.33. The lowest BCUT2D eigenvalue weighted by atomic mass is 9.99. The highest BCUT2D eigenvalue weighted by Gasteiger charge is 2.20. The van der Waals surface area contributed by atoms with Crippen LogP contribution < -0.4 is 5.32 Å². The summed E-state index contributed by atoms with van der Waals surface area (Å²) in [4.78, 5) is 24.2. The molecule has 0 aliphatic heterocycles. The standard InChI is InChI=1S/C19H20ClN3O3S/c20-15-4-1-5-16-14(15)12-22-23(16)8-3-7-21-18(24)10-13(11-19(25)26)17-6-2-9-27-17/h1-2,4-6,9,12-13H,3,7-8,10-11H2,(H,21,24)(H,25,26). The number of nitrogens with zero attached hydrogens (tertiary/aromatic N) is 2. The second kappa shape index (κ2) is 9.01. The molecule has 1 amide bonds. The van der Waals surface area contributed by atoms with Gasteiger partial charge >= 0.3 is 5.97 Å². The van der Waals surface area contributed by atoms with E-state index >= 15 is 0 Å². The number of thiophene rings is 1. The van der Waals surface area contributed by atoms with Crippen LogP contribution >= 0.6 is 22.9 Å². The van der Waals surface area contributed by atoms with Crippen LogP contribution in [0.1, 0.15) is 30.1 Å². The smallest absolute Gasteiger partial charge is 0.304 e. The number of carbonyl (C=O) groups excluding carboxylic acids is 1. The average Bonchev–Trinajstić information content (AvgIpc) is 3.29. The van der Waals surface area contributed by atoms with Crippen LogP contribution in [0, 0.1) is 0 Å². The van der Waals surface area contributed by atoms with Crippen molar-refractivity contribution in [3.63, 3.8) is 0 Å². The number of halogens is 1. The minimum atomic E-state index is -0.898. The van der Waals surface area contributed by atoms with E-state index in [0.29, 0.717) is 18.1 Å². The van der Waals surface area contributed by atoms with Crippen molar-refractivity contribution in [3.8, 4) is 0 Å². The quantitative estimate of drug-likeness (QED) is 0.528. The van der Waals surface area contributed by atoms with E-state index in [1.54, 1.807) is 6.20 Å². The minimum absolute atomic E-state index is 0.0476. The Balaban J connectivity index is 1.48. The number of fused-ring (bicyclic) bond motifs is 1. The van der Waals surface area contributed by atoms with Crippen molar-refractivity contribution >= 4 is 45.7 Å². The first-order valence-corrected chi connectivity index (χ1v) is 9.92. The number of nitrogens with one attached hydrogen (secondary N) is 1. The molecule has 1 atom stereocenters. The molecule has 0 aliphatic carbocycles. The van der Waals surface area contributed by atoms with Crippen molar-refractivity contribution < 1.29 is 14.7 Å². The van der Waals surface area contributed by atoms with Crippen LogP contribution in [0.3, 0.4) is 0 Å². The van der Waals surface area contributed by atoms with Crippen LogP contribution in [0.25, 0.3) is 10.9 Å². The number of hydrogen-bond acceptors (Lipinski definition) is 4. The van der Waals surface area contributed by atoms with E-state index in [2.05, 4.69) is 10.4 Å². The van der Waals surface area contributed by atoms with E-state index in [0.717, 1.165) is 22.2 Å². The van der Waals surface area contributed by atoms with Gasteiger partial charge in [0.25, 0.3) is 0 Å². The summed E-state index contributed by atoms with van der Waals surface area (Å²) < 4.78 is 1.87.